The monoisotopic (exact) mass is 428 g/mol. The standard InChI is InChI=1S/C17H21ClN4O3S2/c1-13(14-3-2-6-19-11-14)20-12-16(23)21-7-9-22(10-8-21)27(24,25)17-5-4-15(18)26-17/h2-6,11,13,20H,7-10,12H2,1H3. The number of thiophene rings is 1. The molecule has 3 heterocycles. The number of piperazine rings is 1. The van der Waals surface area contributed by atoms with E-state index in [4.69, 9.17) is 11.6 Å². The fourth-order valence-corrected chi connectivity index (χ4v) is 5.90. The number of nitrogens with zero attached hydrogens (tertiary/aromatic N) is 3. The van der Waals surface area contributed by atoms with Crippen LogP contribution < -0.4 is 5.32 Å². The maximum Gasteiger partial charge on any atom is 0.252 e. The number of hydrogen-bond acceptors (Lipinski definition) is 6. The molecule has 1 N–H and O–H groups in total. The number of aromatic nitrogens is 1. The number of carbonyl (C=O) groups excluding carboxylic acids is 1. The molecule has 0 aromatic carbocycles. The molecule has 1 fully saturated rings. The molecular weight excluding hydrogens is 408 g/mol. The van der Waals surface area contributed by atoms with Crippen LogP contribution in [0.1, 0.15) is 18.5 Å². The van der Waals surface area contributed by atoms with E-state index in [0.29, 0.717) is 17.4 Å². The van der Waals surface area contributed by atoms with Crippen LogP contribution in [0, 0.1) is 0 Å². The van der Waals surface area contributed by atoms with Crippen molar-refractivity contribution in [1.82, 2.24) is 19.5 Å². The van der Waals surface area contributed by atoms with E-state index in [2.05, 4.69) is 10.3 Å². The van der Waals surface area contributed by atoms with Gasteiger partial charge in [-0.2, -0.15) is 4.31 Å². The van der Waals surface area contributed by atoms with Gasteiger partial charge in [-0.05, 0) is 30.7 Å². The molecule has 1 amide bonds. The maximum atomic E-state index is 12.6. The maximum absolute atomic E-state index is 12.6. The summed E-state index contributed by atoms with van der Waals surface area (Å²) >= 11 is 6.89. The molecule has 2 aromatic heterocycles. The zero-order valence-electron chi connectivity index (χ0n) is 14.8. The van der Waals surface area contributed by atoms with E-state index < -0.39 is 10.0 Å². The van der Waals surface area contributed by atoms with Crippen LogP contribution in [0.25, 0.3) is 0 Å². The Kier molecular flexibility index (Phi) is 6.48. The topological polar surface area (TPSA) is 82.6 Å². The van der Waals surface area contributed by atoms with Crippen LogP contribution in [0.2, 0.25) is 4.34 Å². The molecule has 1 aliphatic rings. The second-order valence-corrected chi connectivity index (χ2v) is 10.1. The van der Waals surface area contributed by atoms with Crippen LogP contribution in [0.5, 0.6) is 0 Å². The number of carbonyl (C=O) groups is 1. The van der Waals surface area contributed by atoms with Gasteiger partial charge in [0.05, 0.1) is 10.9 Å². The van der Waals surface area contributed by atoms with Crippen LogP contribution in [0.4, 0.5) is 0 Å². The van der Waals surface area contributed by atoms with Gasteiger partial charge in [0.25, 0.3) is 10.0 Å². The summed E-state index contributed by atoms with van der Waals surface area (Å²) < 4.78 is 27.3. The molecule has 1 saturated heterocycles. The molecule has 1 aliphatic heterocycles. The third-order valence-electron chi connectivity index (χ3n) is 4.48. The molecule has 27 heavy (non-hydrogen) atoms. The van der Waals surface area contributed by atoms with Crippen molar-refractivity contribution in [3.05, 3.63) is 46.6 Å². The first-order valence-electron chi connectivity index (χ1n) is 8.54. The largest absolute Gasteiger partial charge is 0.339 e. The first-order valence-corrected chi connectivity index (χ1v) is 11.2. The van der Waals surface area contributed by atoms with Crippen molar-refractivity contribution < 1.29 is 13.2 Å². The Morgan fingerprint density at radius 2 is 2.04 bits per heavy atom. The number of hydrogen-bond donors (Lipinski definition) is 1. The zero-order valence-corrected chi connectivity index (χ0v) is 17.2. The highest BCUT2D eigenvalue weighted by atomic mass is 35.5. The molecule has 7 nitrogen and oxygen atoms in total. The number of pyridine rings is 1. The number of sulfonamides is 1. The third-order valence-corrected chi connectivity index (χ3v) is 8.08. The van der Waals surface area contributed by atoms with Crippen molar-refractivity contribution in [3.63, 3.8) is 0 Å². The molecule has 2 aromatic rings. The quantitative estimate of drug-likeness (QED) is 0.760. The molecule has 0 saturated carbocycles. The fraction of sp³-hybridized carbons (Fsp3) is 0.412. The summed E-state index contributed by atoms with van der Waals surface area (Å²) in [5.41, 5.74) is 1.01. The van der Waals surface area contributed by atoms with Crippen molar-refractivity contribution in [1.29, 1.82) is 0 Å². The number of amides is 1. The number of rotatable bonds is 6. The van der Waals surface area contributed by atoms with E-state index in [-0.39, 0.29) is 35.8 Å². The second-order valence-electron chi connectivity index (χ2n) is 6.23. The van der Waals surface area contributed by atoms with Crippen molar-refractivity contribution in [2.24, 2.45) is 0 Å². The summed E-state index contributed by atoms with van der Waals surface area (Å²) in [5.74, 6) is -0.0399. The summed E-state index contributed by atoms with van der Waals surface area (Å²) in [6.45, 7) is 3.48. The summed E-state index contributed by atoms with van der Waals surface area (Å²) in [7, 11) is -3.55. The van der Waals surface area contributed by atoms with Gasteiger partial charge in [-0.1, -0.05) is 17.7 Å². The van der Waals surface area contributed by atoms with E-state index in [1.54, 1.807) is 23.4 Å². The fourth-order valence-electron chi connectivity index (χ4n) is 2.84. The second kappa shape index (κ2) is 8.66. The minimum Gasteiger partial charge on any atom is -0.339 e. The molecule has 0 spiro atoms. The summed E-state index contributed by atoms with van der Waals surface area (Å²) in [6, 6.07) is 6.91. The summed E-state index contributed by atoms with van der Waals surface area (Å²) in [4.78, 5) is 18.2. The Morgan fingerprint density at radius 3 is 2.63 bits per heavy atom. The molecule has 146 valence electrons. The minimum atomic E-state index is -3.55. The Balaban J connectivity index is 1.51. The molecule has 3 rings (SSSR count). The highest BCUT2D eigenvalue weighted by Gasteiger charge is 2.31. The van der Waals surface area contributed by atoms with Gasteiger partial charge in [0, 0.05) is 44.6 Å². The van der Waals surface area contributed by atoms with Gasteiger partial charge < -0.3 is 10.2 Å². The van der Waals surface area contributed by atoms with Crippen molar-refractivity contribution in [2.45, 2.75) is 17.2 Å². The first kappa shape index (κ1) is 20.2. The lowest BCUT2D eigenvalue weighted by molar-refractivity contribution is -0.131. The van der Waals surface area contributed by atoms with Crippen molar-refractivity contribution in [3.8, 4) is 0 Å². The predicted octanol–water partition coefficient (Wildman–Crippen LogP) is 1.98. The van der Waals surface area contributed by atoms with Crippen LogP contribution in [-0.2, 0) is 14.8 Å². The number of halogens is 1. The molecule has 0 bridgehead atoms. The smallest absolute Gasteiger partial charge is 0.252 e. The Labute approximate surface area is 168 Å². The lowest BCUT2D eigenvalue weighted by atomic mass is 10.1. The van der Waals surface area contributed by atoms with Crippen LogP contribution in [0.15, 0.2) is 40.9 Å². The molecule has 1 atom stereocenters. The molecule has 10 heteroatoms. The number of nitrogens with one attached hydrogen (secondary N) is 1. The Bertz CT molecular complexity index is 881. The first-order chi connectivity index (χ1) is 12.9. The van der Waals surface area contributed by atoms with Gasteiger partial charge in [-0.15, -0.1) is 11.3 Å². The minimum absolute atomic E-state index is 0.00731. The van der Waals surface area contributed by atoms with E-state index in [1.807, 2.05) is 19.1 Å². The van der Waals surface area contributed by atoms with Gasteiger partial charge in [0.2, 0.25) is 5.91 Å². The van der Waals surface area contributed by atoms with Crippen molar-refractivity contribution in [2.75, 3.05) is 32.7 Å². The average molecular weight is 429 g/mol. The molecular formula is C17H21ClN4O3S2. The average Bonchev–Trinajstić information content (AvgIpc) is 3.14. The van der Waals surface area contributed by atoms with Crippen LogP contribution in [0.3, 0.4) is 0 Å². The summed E-state index contributed by atoms with van der Waals surface area (Å²) in [6.07, 6.45) is 3.47. The normalized spacial score (nSPS) is 17.0. The zero-order chi connectivity index (χ0) is 19.4. The van der Waals surface area contributed by atoms with E-state index >= 15 is 0 Å². The van der Waals surface area contributed by atoms with Gasteiger partial charge >= 0.3 is 0 Å². The highest BCUT2D eigenvalue weighted by molar-refractivity contribution is 7.91. The lowest BCUT2D eigenvalue weighted by Gasteiger charge is -2.34. The van der Waals surface area contributed by atoms with Crippen molar-refractivity contribution >= 4 is 38.9 Å². The van der Waals surface area contributed by atoms with Gasteiger partial charge in [0.1, 0.15) is 4.21 Å². The molecule has 0 radical (unpaired) electrons. The predicted molar refractivity (Wildman–Crippen MR) is 105 cm³/mol. The van der Waals surface area contributed by atoms with Gasteiger partial charge in [-0.3, -0.25) is 9.78 Å². The van der Waals surface area contributed by atoms with Crippen LogP contribution >= 0.6 is 22.9 Å². The van der Waals surface area contributed by atoms with E-state index in [1.165, 1.54) is 10.4 Å². The van der Waals surface area contributed by atoms with Gasteiger partial charge in [0.15, 0.2) is 0 Å². The summed E-state index contributed by atoms with van der Waals surface area (Å²) in [5, 5.41) is 3.19. The van der Waals surface area contributed by atoms with Gasteiger partial charge in [-0.25, -0.2) is 8.42 Å². The Morgan fingerprint density at radius 1 is 1.30 bits per heavy atom. The SMILES string of the molecule is CC(NCC(=O)N1CCN(S(=O)(=O)c2ccc(Cl)s2)CC1)c1cccnc1. The van der Waals surface area contributed by atoms with E-state index in [9.17, 15) is 13.2 Å². The van der Waals surface area contributed by atoms with E-state index in [0.717, 1.165) is 16.9 Å². The highest BCUT2D eigenvalue weighted by Crippen LogP contribution is 2.28. The lowest BCUT2D eigenvalue weighted by Crippen LogP contribution is -2.52. The third kappa shape index (κ3) is 4.85. The Hall–Kier alpha value is -1.52. The van der Waals surface area contributed by atoms with Crippen LogP contribution in [-0.4, -0.2) is 61.2 Å². The molecule has 0 aliphatic carbocycles. The molecule has 1 unspecified atom stereocenters.